The Balaban J connectivity index is 1.79. The lowest BCUT2D eigenvalue weighted by Gasteiger charge is -2.23. The Morgan fingerprint density at radius 2 is 1.88 bits per heavy atom. The monoisotopic (exact) mass is 460 g/mol. The van der Waals surface area contributed by atoms with Crippen LogP contribution in [0.4, 0.5) is 0 Å². The van der Waals surface area contributed by atoms with Gasteiger partial charge in [-0.05, 0) is 56.4 Å². The number of carbonyl (C=O) groups excluding carboxylic acids is 2. The molecule has 3 rings (SSSR count). The van der Waals surface area contributed by atoms with E-state index >= 15 is 0 Å². The summed E-state index contributed by atoms with van der Waals surface area (Å²) in [6.45, 7) is 9.01. The van der Waals surface area contributed by atoms with E-state index in [9.17, 15) is 9.59 Å². The molecule has 2 aromatic rings. The Hall–Kier alpha value is -2.54. The van der Waals surface area contributed by atoms with Crippen LogP contribution in [-0.2, 0) is 6.54 Å². The van der Waals surface area contributed by atoms with Crippen molar-refractivity contribution >= 4 is 23.4 Å². The van der Waals surface area contributed by atoms with E-state index in [1.165, 1.54) is 0 Å². The molecular formula is C24H33ClN4O3. The zero-order chi connectivity index (χ0) is 23.3. The SMILES string of the molecule is CCn1nc(C(C)C)cc1C(=O)N1CCCCN(C)C(=O)c2cc(Cl)ccc2OCCC1. The van der Waals surface area contributed by atoms with E-state index in [4.69, 9.17) is 16.3 Å². The number of hydrogen-bond acceptors (Lipinski definition) is 4. The van der Waals surface area contributed by atoms with Gasteiger partial charge in [0.15, 0.2) is 0 Å². The van der Waals surface area contributed by atoms with Crippen LogP contribution in [0.1, 0.15) is 72.5 Å². The summed E-state index contributed by atoms with van der Waals surface area (Å²) in [5.74, 6) is 0.675. The van der Waals surface area contributed by atoms with Crippen molar-refractivity contribution in [2.24, 2.45) is 0 Å². The van der Waals surface area contributed by atoms with Crippen molar-refractivity contribution in [3.05, 3.63) is 46.2 Å². The van der Waals surface area contributed by atoms with Gasteiger partial charge in [0, 0.05) is 38.2 Å². The zero-order valence-corrected chi connectivity index (χ0v) is 20.2. The molecule has 0 radical (unpaired) electrons. The molecule has 0 spiro atoms. The number of amides is 2. The summed E-state index contributed by atoms with van der Waals surface area (Å²) < 4.78 is 7.72. The van der Waals surface area contributed by atoms with Gasteiger partial charge in [-0.2, -0.15) is 5.10 Å². The Bertz CT molecular complexity index is 957. The summed E-state index contributed by atoms with van der Waals surface area (Å²) in [6, 6.07) is 7.03. The number of aryl methyl sites for hydroxylation is 1. The average molecular weight is 461 g/mol. The van der Waals surface area contributed by atoms with E-state index in [-0.39, 0.29) is 17.7 Å². The third-order valence-corrected chi connectivity index (χ3v) is 5.95. The van der Waals surface area contributed by atoms with Gasteiger partial charge in [-0.15, -0.1) is 0 Å². The smallest absolute Gasteiger partial charge is 0.272 e. The van der Waals surface area contributed by atoms with Crippen molar-refractivity contribution in [3.8, 4) is 5.75 Å². The highest BCUT2D eigenvalue weighted by Crippen LogP contribution is 2.25. The maximum absolute atomic E-state index is 13.4. The minimum atomic E-state index is -0.109. The van der Waals surface area contributed by atoms with Gasteiger partial charge in [0.25, 0.3) is 11.8 Å². The fourth-order valence-corrected chi connectivity index (χ4v) is 3.97. The second-order valence-electron chi connectivity index (χ2n) is 8.49. The molecule has 8 heteroatoms. The van der Waals surface area contributed by atoms with Crippen LogP contribution in [0.25, 0.3) is 0 Å². The fraction of sp³-hybridized carbons (Fsp3) is 0.542. The number of benzene rings is 1. The first kappa shape index (κ1) is 24.1. The highest BCUT2D eigenvalue weighted by molar-refractivity contribution is 6.31. The molecule has 0 saturated carbocycles. The Morgan fingerprint density at radius 3 is 2.59 bits per heavy atom. The second-order valence-corrected chi connectivity index (χ2v) is 8.93. The molecule has 0 unspecified atom stereocenters. The summed E-state index contributed by atoms with van der Waals surface area (Å²) in [7, 11) is 1.78. The van der Waals surface area contributed by atoms with E-state index in [1.807, 2.05) is 17.9 Å². The van der Waals surface area contributed by atoms with E-state index in [1.54, 1.807) is 34.8 Å². The van der Waals surface area contributed by atoms with Crippen LogP contribution in [0, 0.1) is 0 Å². The number of halogens is 1. The molecule has 0 atom stereocenters. The number of rotatable bonds is 3. The van der Waals surface area contributed by atoms with Crippen LogP contribution in [0.3, 0.4) is 0 Å². The van der Waals surface area contributed by atoms with Crippen molar-refractivity contribution in [3.63, 3.8) is 0 Å². The van der Waals surface area contributed by atoms with E-state index in [0.717, 1.165) is 18.5 Å². The molecule has 32 heavy (non-hydrogen) atoms. The van der Waals surface area contributed by atoms with E-state index in [2.05, 4.69) is 18.9 Å². The van der Waals surface area contributed by atoms with Crippen LogP contribution in [0.5, 0.6) is 5.75 Å². The Kier molecular flexibility index (Phi) is 8.18. The largest absolute Gasteiger partial charge is 0.493 e. The molecular weight excluding hydrogens is 428 g/mol. The number of hydrogen-bond donors (Lipinski definition) is 0. The molecule has 0 aliphatic carbocycles. The van der Waals surface area contributed by atoms with Crippen molar-refractivity contribution in [1.82, 2.24) is 19.6 Å². The summed E-state index contributed by atoms with van der Waals surface area (Å²) in [5, 5.41) is 5.10. The van der Waals surface area contributed by atoms with Gasteiger partial charge >= 0.3 is 0 Å². The number of carbonyl (C=O) groups is 2. The average Bonchev–Trinajstić information content (AvgIpc) is 3.22. The maximum Gasteiger partial charge on any atom is 0.272 e. The molecule has 1 aromatic heterocycles. The Morgan fingerprint density at radius 1 is 1.16 bits per heavy atom. The maximum atomic E-state index is 13.4. The van der Waals surface area contributed by atoms with Crippen LogP contribution in [0.2, 0.25) is 5.02 Å². The van der Waals surface area contributed by atoms with Gasteiger partial charge in [-0.25, -0.2) is 0 Å². The topological polar surface area (TPSA) is 67.7 Å². The number of nitrogens with zero attached hydrogens (tertiary/aromatic N) is 4. The van der Waals surface area contributed by atoms with Crippen LogP contribution < -0.4 is 4.74 Å². The molecule has 1 aliphatic rings. The van der Waals surface area contributed by atoms with Gasteiger partial charge in [-0.1, -0.05) is 25.4 Å². The van der Waals surface area contributed by atoms with E-state index in [0.29, 0.717) is 61.2 Å². The highest BCUT2D eigenvalue weighted by atomic mass is 35.5. The lowest BCUT2D eigenvalue weighted by atomic mass is 10.1. The Labute approximate surface area is 195 Å². The van der Waals surface area contributed by atoms with E-state index < -0.39 is 0 Å². The summed E-state index contributed by atoms with van der Waals surface area (Å²) in [6.07, 6.45) is 2.27. The van der Waals surface area contributed by atoms with Gasteiger partial charge in [-0.3, -0.25) is 14.3 Å². The number of fused-ring (bicyclic) bond motifs is 1. The summed E-state index contributed by atoms with van der Waals surface area (Å²) >= 11 is 6.12. The third kappa shape index (κ3) is 5.63. The third-order valence-electron chi connectivity index (χ3n) is 5.72. The lowest BCUT2D eigenvalue weighted by Crippen LogP contribution is -2.35. The summed E-state index contributed by atoms with van der Waals surface area (Å²) in [4.78, 5) is 29.9. The molecule has 0 bridgehead atoms. The zero-order valence-electron chi connectivity index (χ0n) is 19.4. The first-order chi connectivity index (χ1) is 15.3. The number of aromatic nitrogens is 2. The molecule has 1 aromatic carbocycles. The standard InChI is InChI=1S/C24H33ClN4O3/c1-5-29-21(16-20(26-29)17(2)3)24(31)28-12-7-6-11-27(4)23(30)19-15-18(25)9-10-22(19)32-14-8-13-28/h9-10,15-17H,5-8,11-14H2,1-4H3. The van der Waals surface area contributed by atoms with Gasteiger partial charge in [0.2, 0.25) is 0 Å². The molecule has 7 nitrogen and oxygen atoms in total. The molecule has 174 valence electrons. The predicted molar refractivity (Wildman–Crippen MR) is 126 cm³/mol. The molecule has 1 aliphatic heterocycles. The quantitative estimate of drug-likeness (QED) is 0.678. The van der Waals surface area contributed by atoms with Crippen molar-refractivity contribution in [2.45, 2.75) is 52.5 Å². The van der Waals surface area contributed by atoms with Crippen molar-refractivity contribution in [2.75, 3.05) is 33.3 Å². The minimum Gasteiger partial charge on any atom is -0.493 e. The molecule has 2 amide bonds. The minimum absolute atomic E-state index is 0.00210. The summed E-state index contributed by atoms with van der Waals surface area (Å²) in [5.41, 5.74) is 2.04. The first-order valence-corrected chi connectivity index (χ1v) is 11.7. The lowest BCUT2D eigenvalue weighted by molar-refractivity contribution is 0.0724. The van der Waals surface area contributed by atoms with Crippen molar-refractivity contribution in [1.29, 1.82) is 0 Å². The van der Waals surface area contributed by atoms with Crippen LogP contribution >= 0.6 is 11.6 Å². The molecule has 0 fully saturated rings. The molecule has 0 saturated heterocycles. The second kappa shape index (κ2) is 10.9. The molecule has 0 N–H and O–H groups in total. The van der Waals surface area contributed by atoms with Gasteiger partial charge in [0.05, 0.1) is 17.9 Å². The normalized spacial score (nSPS) is 16.1. The van der Waals surface area contributed by atoms with Crippen LogP contribution in [0.15, 0.2) is 24.3 Å². The van der Waals surface area contributed by atoms with Gasteiger partial charge in [0.1, 0.15) is 11.4 Å². The predicted octanol–water partition coefficient (Wildman–Crippen LogP) is 4.46. The first-order valence-electron chi connectivity index (χ1n) is 11.4. The highest BCUT2D eigenvalue weighted by Gasteiger charge is 2.23. The van der Waals surface area contributed by atoms with Crippen LogP contribution in [-0.4, -0.2) is 64.7 Å². The molecule has 2 heterocycles. The number of ether oxygens (including phenoxy) is 1. The fourth-order valence-electron chi connectivity index (χ4n) is 3.80. The van der Waals surface area contributed by atoms with Crippen molar-refractivity contribution < 1.29 is 14.3 Å². The van der Waals surface area contributed by atoms with Gasteiger partial charge < -0.3 is 14.5 Å².